The van der Waals surface area contributed by atoms with E-state index in [2.05, 4.69) is 20.5 Å². The Morgan fingerprint density at radius 3 is 2.96 bits per heavy atom. The minimum Gasteiger partial charge on any atom is -0.388 e. The van der Waals surface area contributed by atoms with Gasteiger partial charge in [0, 0.05) is 36.3 Å². The van der Waals surface area contributed by atoms with Crippen LogP contribution < -0.4 is 10.9 Å². The fraction of sp³-hybridized carbons (Fsp3) is 0.438. The number of carbonyl (C=O) groups is 1. The largest absolute Gasteiger partial charge is 0.388 e. The highest BCUT2D eigenvalue weighted by atomic mass is 32.1. The van der Waals surface area contributed by atoms with E-state index < -0.39 is 5.91 Å². The van der Waals surface area contributed by atoms with Crippen molar-refractivity contribution in [2.45, 2.75) is 44.9 Å². The molecule has 10 heteroatoms. The van der Waals surface area contributed by atoms with Gasteiger partial charge in [0.25, 0.3) is 11.5 Å². The number of carbonyl (C=O) groups excluding carboxylic acids is 1. The van der Waals surface area contributed by atoms with Crippen LogP contribution in [0.1, 0.15) is 47.7 Å². The van der Waals surface area contributed by atoms with E-state index in [0.717, 1.165) is 18.7 Å². The van der Waals surface area contributed by atoms with Crippen LogP contribution in [0.2, 0.25) is 0 Å². The quantitative estimate of drug-likeness (QED) is 0.673. The van der Waals surface area contributed by atoms with E-state index in [1.807, 2.05) is 11.5 Å². The van der Waals surface area contributed by atoms with Gasteiger partial charge in [-0.3, -0.25) is 14.0 Å². The molecular formula is C16H18N6O3S. The second-order valence-electron chi connectivity index (χ2n) is 6.25. The Kier molecular flexibility index (Phi) is 4.29. The third-order valence-electron chi connectivity index (χ3n) is 4.74. The van der Waals surface area contributed by atoms with Gasteiger partial charge >= 0.3 is 0 Å². The summed E-state index contributed by atoms with van der Waals surface area (Å²) in [5.41, 5.74) is -0.313. The van der Waals surface area contributed by atoms with E-state index in [9.17, 15) is 14.7 Å². The van der Waals surface area contributed by atoms with Crippen molar-refractivity contribution in [2.75, 3.05) is 0 Å². The fourth-order valence-electron chi connectivity index (χ4n) is 3.30. The van der Waals surface area contributed by atoms with Crippen molar-refractivity contribution < 1.29 is 9.90 Å². The molecule has 1 saturated carbocycles. The summed E-state index contributed by atoms with van der Waals surface area (Å²) in [6, 6.07) is -0.0188. The summed E-state index contributed by atoms with van der Waals surface area (Å²) in [6.07, 6.45) is 4.40. The maximum atomic E-state index is 12.4. The van der Waals surface area contributed by atoms with E-state index in [1.54, 1.807) is 11.6 Å². The lowest BCUT2D eigenvalue weighted by Gasteiger charge is -2.35. The van der Waals surface area contributed by atoms with Gasteiger partial charge in [0.05, 0.1) is 0 Å². The highest BCUT2D eigenvalue weighted by molar-refractivity contribution is 7.15. The maximum absolute atomic E-state index is 12.4. The number of aliphatic hydroxyl groups is 1. The summed E-state index contributed by atoms with van der Waals surface area (Å²) in [5, 5.41) is 22.1. The lowest BCUT2D eigenvalue weighted by molar-refractivity contribution is 0.0904. The second-order valence-corrected chi connectivity index (χ2v) is 7.12. The van der Waals surface area contributed by atoms with Gasteiger partial charge in [0.15, 0.2) is 10.8 Å². The highest BCUT2D eigenvalue weighted by Gasteiger charge is 2.35. The molecule has 2 N–H and O–H groups in total. The predicted molar refractivity (Wildman–Crippen MR) is 94.2 cm³/mol. The van der Waals surface area contributed by atoms with Crippen molar-refractivity contribution in [3.8, 4) is 0 Å². The van der Waals surface area contributed by atoms with Crippen molar-refractivity contribution in [1.82, 2.24) is 29.5 Å². The van der Waals surface area contributed by atoms with Gasteiger partial charge in [0.2, 0.25) is 0 Å². The van der Waals surface area contributed by atoms with Crippen LogP contribution in [0.4, 0.5) is 0 Å². The normalized spacial score (nSPS) is 19.5. The smallest absolute Gasteiger partial charge is 0.271 e. The fourth-order valence-corrected chi connectivity index (χ4v) is 3.98. The van der Waals surface area contributed by atoms with Crippen molar-refractivity contribution in [3.05, 3.63) is 45.3 Å². The molecule has 1 aliphatic rings. The molecule has 0 aliphatic heterocycles. The number of hydrogen-bond donors (Lipinski definition) is 2. The molecule has 3 heterocycles. The van der Waals surface area contributed by atoms with Crippen LogP contribution in [0.3, 0.4) is 0 Å². The topological polar surface area (TPSA) is 114 Å². The van der Waals surface area contributed by atoms with Crippen LogP contribution in [-0.2, 0) is 13.2 Å². The minimum absolute atomic E-state index is 0.0188. The maximum Gasteiger partial charge on any atom is 0.271 e. The SMILES string of the molecule is CCn1c(CO)nnc1C1CC(NC(=O)c2cnc3sccn3c2=O)C1. The van der Waals surface area contributed by atoms with E-state index >= 15 is 0 Å². The summed E-state index contributed by atoms with van der Waals surface area (Å²) in [5.74, 6) is 1.17. The standard InChI is InChI=1S/C16H18N6O3S/c1-2-21-12(8-23)19-20-13(21)9-5-10(6-9)18-14(24)11-7-17-16-22(15(11)25)3-4-26-16/h3-4,7,9-10,23H,2,5-6,8H2,1H3,(H,18,24). The molecule has 0 radical (unpaired) electrons. The van der Waals surface area contributed by atoms with Gasteiger partial charge in [-0.05, 0) is 19.8 Å². The molecule has 0 atom stereocenters. The molecule has 26 heavy (non-hydrogen) atoms. The number of fused-ring (bicyclic) bond motifs is 1. The lowest BCUT2D eigenvalue weighted by Crippen LogP contribution is -2.45. The zero-order valence-corrected chi connectivity index (χ0v) is 14.9. The van der Waals surface area contributed by atoms with Crippen molar-refractivity contribution in [3.63, 3.8) is 0 Å². The highest BCUT2D eigenvalue weighted by Crippen LogP contribution is 2.36. The zero-order valence-electron chi connectivity index (χ0n) is 14.1. The van der Waals surface area contributed by atoms with Crippen molar-refractivity contribution in [2.24, 2.45) is 0 Å². The third kappa shape index (κ3) is 2.71. The number of nitrogens with one attached hydrogen (secondary N) is 1. The van der Waals surface area contributed by atoms with Crippen LogP contribution in [0.25, 0.3) is 4.96 Å². The zero-order chi connectivity index (χ0) is 18.3. The molecular weight excluding hydrogens is 356 g/mol. The van der Waals surface area contributed by atoms with Gasteiger partial charge in [-0.25, -0.2) is 4.98 Å². The predicted octanol–water partition coefficient (Wildman–Crippen LogP) is 0.536. The average Bonchev–Trinajstić information content (AvgIpc) is 3.24. The number of nitrogens with zero attached hydrogens (tertiary/aromatic N) is 5. The number of aromatic nitrogens is 5. The van der Waals surface area contributed by atoms with E-state index in [0.29, 0.717) is 17.3 Å². The molecule has 9 nitrogen and oxygen atoms in total. The summed E-state index contributed by atoms with van der Waals surface area (Å²) in [4.78, 5) is 29.5. The van der Waals surface area contributed by atoms with E-state index in [-0.39, 0.29) is 29.7 Å². The molecule has 4 rings (SSSR count). The van der Waals surface area contributed by atoms with E-state index in [4.69, 9.17) is 0 Å². The Morgan fingerprint density at radius 2 is 2.23 bits per heavy atom. The Labute approximate surface area is 152 Å². The second kappa shape index (κ2) is 6.61. The molecule has 0 aromatic carbocycles. The molecule has 0 saturated heterocycles. The first-order valence-corrected chi connectivity index (χ1v) is 9.28. The number of thiazole rings is 1. The molecule has 1 aliphatic carbocycles. The third-order valence-corrected chi connectivity index (χ3v) is 5.51. The molecule has 0 unspecified atom stereocenters. The minimum atomic E-state index is -0.403. The molecule has 1 fully saturated rings. The van der Waals surface area contributed by atoms with Gasteiger partial charge in [-0.2, -0.15) is 0 Å². The number of amides is 1. The molecule has 3 aromatic rings. The van der Waals surface area contributed by atoms with Gasteiger partial charge < -0.3 is 15.0 Å². The monoisotopic (exact) mass is 374 g/mol. The Morgan fingerprint density at radius 1 is 1.42 bits per heavy atom. The van der Waals surface area contributed by atoms with Crippen LogP contribution in [-0.4, -0.2) is 41.2 Å². The molecule has 136 valence electrons. The summed E-state index contributed by atoms with van der Waals surface area (Å²) >= 11 is 1.34. The van der Waals surface area contributed by atoms with Crippen LogP contribution in [0, 0.1) is 0 Å². The van der Waals surface area contributed by atoms with Gasteiger partial charge in [-0.1, -0.05) is 0 Å². The molecule has 1 amide bonds. The van der Waals surface area contributed by atoms with Crippen LogP contribution in [0.5, 0.6) is 0 Å². The summed E-state index contributed by atoms with van der Waals surface area (Å²) in [6.45, 7) is 2.52. The first-order valence-electron chi connectivity index (χ1n) is 8.41. The molecule has 3 aromatic heterocycles. The number of aliphatic hydroxyl groups excluding tert-OH is 1. The Hall–Kier alpha value is -2.59. The van der Waals surface area contributed by atoms with Crippen molar-refractivity contribution >= 4 is 22.2 Å². The summed E-state index contributed by atoms with van der Waals surface area (Å²) < 4.78 is 3.28. The average molecular weight is 374 g/mol. The first-order chi connectivity index (χ1) is 12.6. The first kappa shape index (κ1) is 16.9. The molecule has 0 spiro atoms. The van der Waals surface area contributed by atoms with Gasteiger partial charge in [0.1, 0.15) is 18.0 Å². The Balaban J connectivity index is 1.43. The van der Waals surface area contributed by atoms with Crippen molar-refractivity contribution in [1.29, 1.82) is 0 Å². The molecule has 0 bridgehead atoms. The number of rotatable bonds is 5. The van der Waals surface area contributed by atoms with Crippen LogP contribution >= 0.6 is 11.3 Å². The van der Waals surface area contributed by atoms with E-state index in [1.165, 1.54) is 21.9 Å². The Bertz CT molecular complexity index is 1020. The lowest BCUT2D eigenvalue weighted by atomic mass is 9.79. The summed E-state index contributed by atoms with van der Waals surface area (Å²) in [7, 11) is 0. The van der Waals surface area contributed by atoms with Crippen LogP contribution in [0.15, 0.2) is 22.6 Å². The van der Waals surface area contributed by atoms with Gasteiger partial charge in [-0.15, -0.1) is 21.5 Å². The number of hydrogen-bond acceptors (Lipinski definition) is 7.